The van der Waals surface area contributed by atoms with Crippen molar-refractivity contribution in [3.8, 4) is 0 Å². The summed E-state index contributed by atoms with van der Waals surface area (Å²) in [5.41, 5.74) is 1.09. The third kappa shape index (κ3) is 0.598. The van der Waals surface area contributed by atoms with Gasteiger partial charge in [-0.25, -0.2) is 0 Å². The molecule has 0 saturated carbocycles. The maximum atomic E-state index is 9.98. The molecule has 8 heavy (non-hydrogen) atoms. The lowest BCUT2D eigenvalue weighted by molar-refractivity contribution is 0.111. The van der Waals surface area contributed by atoms with Crippen LogP contribution in [0.15, 0.2) is 0 Å². The minimum atomic E-state index is 0.449. The van der Waals surface area contributed by atoms with Crippen molar-refractivity contribution in [3.05, 3.63) is 11.4 Å². The minimum absolute atomic E-state index is 0.449. The summed E-state index contributed by atoms with van der Waals surface area (Å²) in [6.45, 7) is 1.72. The number of aldehydes is 1. The molecule has 0 aliphatic heterocycles. The molecular weight excluding hydrogens is 106 g/mol. The third-order valence-corrected chi connectivity index (χ3v) is 0.878. The zero-order valence-corrected chi connectivity index (χ0v) is 4.38. The first-order valence-corrected chi connectivity index (χ1v) is 2.17. The second-order valence-electron chi connectivity index (χ2n) is 1.43. The van der Waals surface area contributed by atoms with Crippen molar-refractivity contribution in [1.82, 2.24) is 15.4 Å². The van der Waals surface area contributed by atoms with E-state index >= 15 is 0 Å². The van der Waals surface area contributed by atoms with Crippen LogP contribution in [-0.4, -0.2) is 21.7 Å². The van der Waals surface area contributed by atoms with Gasteiger partial charge in [0, 0.05) is 0 Å². The van der Waals surface area contributed by atoms with Gasteiger partial charge in [0.1, 0.15) is 5.69 Å². The van der Waals surface area contributed by atoms with Gasteiger partial charge in [0.2, 0.25) is 0 Å². The van der Waals surface area contributed by atoms with E-state index in [2.05, 4.69) is 15.4 Å². The first kappa shape index (κ1) is 4.96. The zero-order valence-electron chi connectivity index (χ0n) is 4.38. The monoisotopic (exact) mass is 111 g/mol. The Bertz CT molecular complexity index is 193. The van der Waals surface area contributed by atoms with Crippen molar-refractivity contribution in [1.29, 1.82) is 0 Å². The van der Waals surface area contributed by atoms with E-state index in [1.165, 1.54) is 0 Å². The van der Waals surface area contributed by atoms with E-state index in [1.54, 1.807) is 6.92 Å². The number of hydrogen-bond acceptors (Lipinski definition) is 3. The van der Waals surface area contributed by atoms with Gasteiger partial charge < -0.3 is 0 Å². The van der Waals surface area contributed by atoms with Crippen LogP contribution in [0.5, 0.6) is 0 Å². The summed E-state index contributed by atoms with van der Waals surface area (Å²) in [5, 5.41) is 9.36. The first-order valence-electron chi connectivity index (χ1n) is 2.17. The van der Waals surface area contributed by atoms with Crippen LogP contribution in [0.4, 0.5) is 0 Å². The average Bonchev–Trinajstić information content (AvgIpc) is 2.14. The van der Waals surface area contributed by atoms with Gasteiger partial charge in [-0.3, -0.25) is 9.89 Å². The smallest absolute Gasteiger partial charge is 0.169 e. The van der Waals surface area contributed by atoms with Crippen LogP contribution in [0.1, 0.15) is 16.2 Å². The predicted octanol–water partition coefficient (Wildman–Crippen LogP) is -0.0744. The standard InChI is InChI=1S/C4H5N3O/c1-3-4(2-8)6-7-5-3/h2H,1H3,(H,5,6,7). The molecule has 1 aromatic rings. The van der Waals surface area contributed by atoms with Crippen LogP contribution in [-0.2, 0) is 0 Å². The van der Waals surface area contributed by atoms with Crippen molar-refractivity contribution >= 4 is 6.29 Å². The Kier molecular flexibility index (Phi) is 1.07. The molecule has 0 radical (unpaired) electrons. The lowest BCUT2D eigenvalue weighted by Crippen LogP contribution is -1.81. The fourth-order valence-electron chi connectivity index (χ4n) is 0.400. The summed E-state index contributed by atoms with van der Waals surface area (Å²) in [6, 6.07) is 0. The number of aromatic nitrogens is 3. The number of H-pyrrole nitrogens is 1. The molecule has 0 aromatic carbocycles. The van der Waals surface area contributed by atoms with Gasteiger partial charge in [-0.05, 0) is 6.92 Å². The maximum Gasteiger partial charge on any atom is 0.169 e. The largest absolute Gasteiger partial charge is 0.296 e. The van der Waals surface area contributed by atoms with E-state index in [0.717, 1.165) is 0 Å². The molecule has 0 fully saturated rings. The van der Waals surface area contributed by atoms with Gasteiger partial charge in [0.25, 0.3) is 0 Å². The molecule has 4 heteroatoms. The van der Waals surface area contributed by atoms with Crippen LogP contribution in [0.25, 0.3) is 0 Å². The number of carbonyl (C=O) groups excluding carboxylic acids is 1. The Morgan fingerprint density at radius 2 is 2.50 bits per heavy atom. The summed E-state index contributed by atoms with van der Waals surface area (Å²) in [7, 11) is 0. The Morgan fingerprint density at radius 3 is 2.75 bits per heavy atom. The van der Waals surface area contributed by atoms with Crippen molar-refractivity contribution in [2.45, 2.75) is 6.92 Å². The van der Waals surface area contributed by atoms with E-state index in [0.29, 0.717) is 17.7 Å². The number of hydrogen-bond donors (Lipinski definition) is 1. The number of aromatic amines is 1. The highest BCUT2D eigenvalue weighted by Gasteiger charge is 1.95. The Labute approximate surface area is 45.9 Å². The fraction of sp³-hybridized carbons (Fsp3) is 0.250. The van der Waals surface area contributed by atoms with Crippen molar-refractivity contribution < 1.29 is 4.79 Å². The number of nitrogens with zero attached hydrogens (tertiary/aromatic N) is 2. The number of carbonyl (C=O) groups is 1. The second kappa shape index (κ2) is 1.73. The molecule has 4 nitrogen and oxygen atoms in total. The molecule has 1 N–H and O–H groups in total. The van der Waals surface area contributed by atoms with Gasteiger partial charge >= 0.3 is 0 Å². The number of nitrogens with one attached hydrogen (secondary N) is 1. The van der Waals surface area contributed by atoms with Gasteiger partial charge in [-0.15, -0.1) is 5.10 Å². The summed E-state index contributed by atoms with van der Waals surface area (Å²) < 4.78 is 0. The van der Waals surface area contributed by atoms with Crippen LogP contribution in [0, 0.1) is 6.92 Å². The van der Waals surface area contributed by atoms with Crippen molar-refractivity contribution in [2.24, 2.45) is 0 Å². The van der Waals surface area contributed by atoms with Gasteiger partial charge in [-0.2, -0.15) is 0 Å². The van der Waals surface area contributed by atoms with Crippen LogP contribution in [0.2, 0.25) is 0 Å². The van der Waals surface area contributed by atoms with E-state index < -0.39 is 0 Å². The predicted molar refractivity (Wildman–Crippen MR) is 26.5 cm³/mol. The summed E-state index contributed by atoms with van der Waals surface area (Å²) >= 11 is 0. The Balaban J connectivity index is 3.09. The molecule has 1 heterocycles. The highest BCUT2D eigenvalue weighted by molar-refractivity contribution is 5.72. The van der Waals surface area contributed by atoms with E-state index in [4.69, 9.17) is 0 Å². The molecular formula is C4H5N3O. The maximum absolute atomic E-state index is 9.98. The quantitative estimate of drug-likeness (QED) is 0.516. The molecule has 1 rings (SSSR count). The minimum Gasteiger partial charge on any atom is -0.296 e. The lowest BCUT2D eigenvalue weighted by atomic mass is 10.4. The normalized spacial score (nSPS) is 9.12. The highest BCUT2D eigenvalue weighted by Crippen LogP contribution is 1.90. The SMILES string of the molecule is Cc1nn[nH]c1C=O. The molecule has 42 valence electrons. The van der Waals surface area contributed by atoms with Crippen molar-refractivity contribution in [3.63, 3.8) is 0 Å². The third-order valence-electron chi connectivity index (χ3n) is 0.878. The zero-order chi connectivity index (χ0) is 5.98. The molecule has 0 saturated heterocycles. The van der Waals surface area contributed by atoms with Crippen LogP contribution in [0.3, 0.4) is 0 Å². The fourth-order valence-corrected chi connectivity index (χ4v) is 0.400. The molecule has 0 atom stereocenters. The number of rotatable bonds is 1. The van der Waals surface area contributed by atoms with Crippen molar-refractivity contribution in [2.75, 3.05) is 0 Å². The topological polar surface area (TPSA) is 58.6 Å². The molecule has 0 aliphatic rings. The second-order valence-corrected chi connectivity index (χ2v) is 1.43. The Morgan fingerprint density at radius 1 is 1.75 bits per heavy atom. The molecule has 0 aliphatic carbocycles. The summed E-state index contributed by atoms with van der Waals surface area (Å²) in [4.78, 5) is 9.98. The molecule has 0 bridgehead atoms. The van der Waals surface area contributed by atoms with Crippen LogP contribution < -0.4 is 0 Å². The Hall–Kier alpha value is -1.19. The van der Waals surface area contributed by atoms with E-state index in [9.17, 15) is 4.79 Å². The van der Waals surface area contributed by atoms with E-state index in [1.807, 2.05) is 0 Å². The molecule has 0 spiro atoms. The molecule has 0 amide bonds. The van der Waals surface area contributed by atoms with Gasteiger partial charge in [0.15, 0.2) is 6.29 Å². The average molecular weight is 111 g/mol. The first-order chi connectivity index (χ1) is 3.84. The molecule has 1 aromatic heterocycles. The van der Waals surface area contributed by atoms with Gasteiger partial charge in [-0.1, -0.05) is 5.21 Å². The summed E-state index contributed by atoms with van der Waals surface area (Å²) in [5.74, 6) is 0. The van der Waals surface area contributed by atoms with Gasteiger partial charge in [0.05, 0.1) is 5.69 Å². The van der Waals surface area contributed by atoms with Crippen LogP contribution >= 0.6 is 0 Å². The summed E-state index contributed by atoms with van der Waals surface area (Å²) in [6.07, 6.45) is 0.690. The molecule has 0 unspecified atom stereocenters. The number of aryl methyl sites for hydroxylation is 1. The van der Waals surface area contributed by atoms with E-state index in [-0.39, 0.29) is 0 Å². The lowest BCUT2D eigenvalue weighted by Gasteiger charge is -1.75. The highest BCUT2D eigenvalue weighted by atomic mass is 16.1.